The molecule has 0 amide bonds. The molecule has 232 valence electrons. The molecule has 2 aromatic carbocycles. The van der Waals surface area contributed by atoms with Crippen LogP contribution in [0.4, 0.5) is 11.5 Å². The van der Waals surface area contributed by atoms with Gasteiger partial charge < -0.3 is 19.3 Å². The van der Waals surface area contributed by atoms with Crippen molar-refractivity contribution in [2.24, 2.45) is 4.99 Å². The molecule has 43 heavy (non-hydrogen) atoms. The number of ether oxygens (including phenoxy) is 1. The summed E-state index contributed by atoms with van der Waals surface area (Å²) in [6.45, 7) is 22.6. The number of isocyanates is 1. The molecule has 2 N–H and O–H groups in total. The van der Waals surface area contributed by atoms with E-state index in [0.29, 0.717) is 24.4 Å². The highest BCUT2D eigenvalue weighted by atomic mass is 28.4. The topological polar surface area (TPSA) is 118 Å². The molecule has 1 unspecified atom stereocenters. The van der Waals surface area contributed by atoms with Crippen LogP contribution in [0.3, 0.4) is 0 Å². The van der Waals surface area contributed by atoms with Crippen molar-refractivity contribution >= 4 is 45.0 Å². The van der Waals surface area contributed by atoms with Crippen molar-refractivity contribution in [2.75, 3.05) is 12.3 Å². The van der Waals surface area contributed by atoms with E-state index in [9.17, 15) is 9.59 Å². The Kier molecular flexibility index (Phi) is 9.10. The number of hydrogen-bond donors (Lipinski definition) is 1. The van der Waals surface area contributed by atoms with Crippen molar-refractivity contribution in [3.05, 3.63) is 52.9 Å². The summed E-state index contributed by atoms with van der Waals surface area (Å²) < 4.78 is 21.8. The minimum atomic E-state index is -2.18. The van der Waals surface area contributed by atoms with Crippen LogP contribution in [0.1, 0.15) is 54.2 Å². The van der Waals surface area contributed by atoms with Gasteiger partial charge in [-0.25, -0.2) is 9.59 Å². The molecule has 3 aromatic rings. The van der Waals surface area contributed by atoms with E-state index in [0.717, 1.165) is 16.3 Å². The van der Waals surface area contributed by atoms with E-state index in [4.69, 9.17) is 19.3 Å². The summed E-state index contributed by atoms with van der Waals surface area (Å²) in [5.74, 6) is 0.125. The molecule has 0 bridgehead atoms. The molecule has 0 spiro atoms. The monoisotopic (exact) mass is 622 g/mol. The zero-order chi connectivity index (χ0) is 32.0. The Morgan fingerprint density at radius 1 is 1.05 bits per heavy atom. The highest BCUT2D eigenvalue weighted by Gasteiger charge is 2.47. The van der Waals surface area contributed by atoms with Gasteiger partial charge in [0.2, 0.25) is 6.08 Å². The smallest absolute Gasteiger partial charge is 0.352 e. The van der Waals surface area contributed by atoms with Crippen LogP contribution in [0.5, 0.6) is 0 Å². The predicted molar refractivity (Wildman–Crippen MR) is 177 cm³/mol. The fourth-order valence-corrected chi connectivity index (χ4v) is 7.15. The van der Waals surface area contributed by atoms with Gasteiger partial charge in [0.15, 0.2) is 16.6 Å². The first-order valence-corrected chi connectivity index (χ1v) is 20.6. The van der Waals surface area contributed by atoms with Crippen LogP contribution in [0, 0.1) is 0 Å². The van der Waals surface area contributed by atoms with Crippen molar-refractivity contribution in [1.29, 1.82) is 0 Å². The van der Waals surface area contributed by atoms with Gasteiger partial charge in [0, 0.05) is 17.9 Å². The van der Waals surface area contributed by atoms with Crippen LogP contribution < -0.4 is 11.4 Å². The van der Waals surface area contributed by atoms with Crippen LogP contribution in [0.15, 0.2) is 52.3 Å². The molecule has 2 heterocycles. The second-order valence-corrected chi connectivity index (χ2v) is 24.1. The van der Waals surface area contributed by atoms with E-state index < -0.39 is 28.6 Å². The van der Waals surface area contributed by atoms with Gasteiger partial charge >= 0.3 is 5.69 Å². The minimum absolute atomic E-state index is 0.00147. The molecule has 0 radical (unpaired) electrons. The number of nitrogen functional groups attached to an aromatic ring is 1. The number of rotatable bonds is 8. The average molecular weight is 623 g/mol. The zero-order valence-electron chi connectivity index (χ0n) is 27.1. The van der Waals surface area contributed by atoms with E-state index in [1.165, 1.54) is 0 Å². The molecular weight excluding hydrogens is 577 g/mol. The Bertz CT molecular complexity index is 1600. The molecule has 1 aromatic heterocycles. The Morgan fingerprint density at radius 2 is 1.72 bits per heavy atom. The highest BCUT2D eigenvalue weighted by Crippen LogP contribution is 2.43. The summed E-state index contributed by atoms with van der Waals surface area (Å²) in [4.78, 5) is 32.4. The normalized spacial score (nSPS) is 19.9. The Morgan fingerprint density at radius 3 is 2.35 bits per heavy atom. The second kappa shape index (κ2) is 11.9. The Hall–Kier alpha value is -2.93. The fourth-order valence-electron chi connectivity index (χ4n) is 4.78. The molecule has 0 saturated carbocycles. The lowest BCUT2D eigenvalue weighted by Crippen LogP contribution is -2.48. The van der Waals surface area contributed by atoms with Gasteiger partial charge in [0.25, 0.3) is 0 Å². The molecule has 1 fully saturated rings. The van der Waals surface area contributed by atoms with E-state index in [1.807, 2.05) is 30.3 Å². The maximum Gasteiger partial charge on any atom is 0.352 e. The first kappa shape index (κ1) is 33.0. The minimum Gasteiger partial charge on any atom is -0.414 e. The van der Waals surface area contributed by atoms with Crippen molar-refractivity contribution in [2.45, 2.75) is 103 Å². The molecule has 4 rings (SSSR count). The molecule has 1 aliphatic heterocycles. The summed E-state index contributed by atoms with van der Waals surface area (Å²) in [7, 11) is -4.25. The molecule has 1 aliphatic rings. The number of aromatic nitrogens is 2. The third-order valence-electron chi connectivity index (χ3n) is 9.43. The van der Waals surface area contributed by atoms with Crippen LogP contribution in [-0.2, 0) is 18.4 Å². The third-order valence-corrected chi connectivity index (χ3v) is 18.4. The number of carbonyl (C=O) groups excluding carboxylic acids is 1. The van der Waals surface area contributed by atoms with E-state index in [2.05, 4.69) is 77.7 Å². The lowest BCUT2D eigenvalue weighted by Gasteiger charge is -2.40. The second-order valence-electron chi connectivity index (χ2n) is 14.5. The summed E-state index contributed by atoms with van der Waals surface area (Å²) in [6.07, 6.45) is 0.854. The molecule has 9 nitrogen and oxygen atoms in total. The van der Waals surface area contributed by atoms with Gasteiger partial charge in [-0.15, -0.1) is 0 Å². The van der Waals surface area contributed by atoms with Crippen LogP contribution in [0.2, 0.25) is 36.3 Å². The number of nitrogens with zero attached hydrogens (tertiary/aromatic N) is 3. The first-order chi connectivity index (χ1) is 19.8. The van der Waals surface area contributed by atoms with E-state index in [1.54, 1.807) is 22.8 Å². The number of benzene rings is 2. The number of fused-ring (bicyclic) bond motifs is 1. The Balaban J connectivity index is 1.76. The summed E-state index contributed by atoms with van der Waals surface area (Å²) in [5, 5.41) is 1.70. The summed E-state index contributed by atoms with van der Waals surface area (Å²) >= 11 is 0. The van der Waals surface area contributed by atoms with Crippen molar-refractivity contribution in [3.63, 3.8) is 0 Å². The zero-order valence-corrected chi connectivity index (χ0v) is 29.1. The van der Waals surface area contributed by atoms with Crippen LogP contribution in [-0.4, -0.2) is 51.1 Å². The van der Waals surface area contributed by atoms with Gasteiger partial charge in [0.1, 0.15) is 18.1 Å². The van der Waals surface area contributed by atoms with E-state index >= 15 is 0 Å². The van der Waals surface area contributed by atoms with Crippen molar-refractivity contribution in [3.8, 4) is 11.3 Å². The largest absolute Gasteiger partial charge is 0.414 e. The molecular formula is C32H46N4O5Si2. The van der Waals surface area contributed by atoms with Crippen LogP contribution in [0.25, 0.3) is 22.0 Å². The lowest BCUT2D eigenvalue weighted by atomic mass is 10.0. The summed E-state index contributed by atoms with van der Waals surface area (Å²) in [6, 6.07) is 12.9. The predicted octanol–water partition coefficient (Wildman–Crippen LogP) is 7.31. The Labute approximate surface area is 256 Å². The SMILES string of the molecule is CC(C)(C)[Si](C)(C)OC[C@H]1O[C@@H](n2c(-c3ccc4c(N=C=O)cccc4c3)cc(N)nc2=O)CC1O[Si](C)(C)C(C)(C)C. The molecule has 0 aliphatic carbocycles. The first-order valence-electron chi connectivity index (χ1n) is 14.8. The maximum absolute atomic E-state index is 13.5. The highest BCUT2D eigenvalue weighted by molar-refractivity contribution is 6.74. The van der Waals surface area contributed by atoms with Gasteiger partial charge in [-0.1, -0.05) is 65.8 Å². The van der Waals surface area contributed by atoms with Gasteiger partial charge in [-0.3, -0.25) is 4.57 Å². The quantitative estimate of drug-likeness (QED) is 0.159. The van der Waals surface area contributed by atoms with Crippen molar-refractivity contribution in [1.82, 2.24) is 9.55 Å². The molecule has 11 heteroatoms. The van der Waals surface area contributed by atoms with E-state index in [-0.39, 0.29) is 28.1 Å². The van der Waals surface area contributed by atoms with Gasteiger partial charge in [0.05, 0.1) is 24.1 Å². The average Bonchev–Trinajstić information content (AvgIpc) is 3.27. The third kappa shape index (κ3) is 6.92. The number of hydrogen-bond acceptors (Lipinski definition) is 8. The van der Waals surface area contributed by atoms with Gasteiger partial charge in [-0.05, 0) is 59.3 Å². The number of anilines is 1. The van der Waals surface area contributed by atoms with Crippen LogP contribution >= 0.6 is 0 Å². The summed E-state index contributed by atoms with van der Waals surface area (Å²) in [5.41, 5.74) is 7.49. The standard InChI is InChI=1S/C32H46N4O5Si2/c1-31(2,3)42(7,8)39-19-27-26(41-43(9,10)32(4,5)6)18-29(40-27)36-25(17-28(33)35-30(36)38)22-14-15-23-21(16-22)12-11-13-24(23)34-20-37/h11-17,26-27,29H,18-19H2,1-10H3,(H2,33,35,38)/t26?,27-,29-/m1/s1. The molecule has 1 saturated heterocycles. The maximum atomic E-state index is 13.5. The number of nitrogens with two attached hydrogens (primary N) is 1. The lowest BCUT2D eigenvalue weighted by molar-refractivity contribution is -0.0405. The fraction of sp³-hybridized carbons (Fsp3) is 0.531. The van der Waals surface area contributed by atoms with Crippen molar-refractivity contribution < 1.29 is 18.4 Å². The number of aliphatic imine (C=N–C) groups is 1. The molecule has 3 atom stereocenters. The van der Waals surface area contributed by atoms with Gasteiger partial charge in [-0.2, -0.15) is 9.98 Å².